The van der Waals surface area contributed by atoms with Crippen molar-refractivity contribution in [1.82, 2.24) is 19.1 Å². The van der Waals surface area contributed by atoms with Gasteiger partial charge in [-0.05, 0) is 105 Å². The van der Waals surface area contributed by atoms with Crippen molar-refractivity contribution in [2.45, 2.75) is 13.1 Å². The van der Waals surface area contributed by atoms with Crippen molar-refractivity contribution in [3.05, 3.63) is 163 Å². The Balaban J connectivity index is 0.000000192. The number of rotatable bonds is 11. The van der Waals surface area contributed by atoms with Crippen LogP contribution in [-0.2, 0) is 13.1 Å². The molecule has 6 aromatic rings. The van der Waals surface area contributed by atoms with E-state index in [1.807, 2.05) is 16.8 Å². The molecule has 0 spiro atoms. The quantitative estimate of drug-likeness (QED) is 0.0730. The third-order valence-electron chi connectivity index (χ3n) is 6.62. The molecule has 15 heteroatoms. The highest BCUT2D eigenvalue weighted by atomic mass is 79.9. The summed E-state index contributed by atoms with van der Waals surface area (Å²) in [7, 11) is 0. The number of carbonyl (C=O) groups excluding carboxylic acids is 2. The first-order chi connectivity index (χ1) is 24.9. The van der Waals surface area contributed by atoms with Crippen LogP contribution in [0.25, 0.3) is 0 Å². The zero-order valence-corrected chi connectivity index (χ0v) is 34.6. The van der Waals surface area contributed by atoms with Crippen molar-refractivity contribution in [3.8, 4) is 23.0 Å². The number of nitrogens with zero attached hydrogens (tertiary/aromatic N) is 4. The van der Waals surface area contributed by atoms with Gasteiger partial charge in [-0.25, -0.2) is 9.97 Å². The Morgan fingerprint density at radius 3 is 1.63 bits per heavy atom. The van der Waals surface area contributed by atoms with Crippen LogP contribution >= 0.6 is 94.2 Å². The van der Waals surface area contributed by atoms with E-state index in [9.17, 15) is 9.59 Å². The predicted molar refractivity (Wildman–Crippen MR) is 218 cm³/mol. The van der Waals surface area contributed by atoms with Crippen LogP contribution in [-0.4, -0.2) is 36.0 Å². The van der Waals surface area contributed by atoms with Crippen molar-refractivity contribution in [3.63, 3.8) is 0 Å². The van der Waals surface area contributed by atoms with Gasteiger partial charge in [-0.3, -0.25) is 9.59 Å². The van der Waals surface area contributed by atoms with Gasteiger partial charge in [0.2, 0.25) is 0 Å². The molecule has 2 heterocycles. The molecule has 0 atom stereocenters. The van der Waals surface area contributed by atoms with Crippen molar-refractivity contribution in [1.29, 1.82) is 0 Å². The van der Waals surface area contributed by atoms with Gasteiger partial charge < -0.3 is 18.6 Å². The second kappa shape index (κ2) is 20.7. The standard InChI is InChI=1S/C17H11BrCl2N2O2.C14H9BrCl2O2.C6H7BrN2/c18-17-8-21-10-22(17)9-16(23)14-6-5-13(7-15(14)20)24-12-3-1-11(19)2-4-12;15-8-14(18)12-6-5-11(7-13(12)17)19-10-3-1-9(16)2-4-10;1-2-3-9-4-6(7)8-5-9/h1-8,10H,9H2;1-7H,8H2;2,4-5H,1,3H2. The zero-order chi connectivity index (χ0) is 37.6. The Bertz CT molecular complexity index is 2120. The minimum Gasteiger partial charge on any atom is -0.457 e. The minimum absolute atomic E-state index is 0.0666. The van der Waals surface area contributed by atoms with Gasteiger partial charge in [0.15, 0.2) is 11.6 Å². The normalized spacial score (nSPS) is 10.3. The lowest BCUT2D eigenvalue weighted by Gasteiger charge is -2.09. The van der Waals surface area contributed by atoms with Gasteiger partial charge in [-0.1, -0.05) is 68.4 Å². The molecule has 0 amide bonds. The molecule has 0 saturated carbocycles. The van der Waals surface area contributed by atoms with Crippen LogP contribution < -0.4 is 9.47 Å². The summed E-state index contributed by atoms with van der Waals surface area (Å²) >= 11 is 33.6. The molecule has 0 aliphatic rings. The number of aromatic nitrogens is 4. The number of imidazole rings is 2. The maximum atomic E-state index is 12.4. The summed E-state index contributed by atoms with van der Waals surface area (Å²) in [5.74, 6) is 2.22. The summed E-state index contributed by atoms with van der Waals surface area (Å²) < 4.78 is 16.5. The lowest BCUT2D eigenvalue weighted by molar-refractivity contribution is 0.0970. The van der Waals surface area contributed by atoms with E-state index in [0.717, 1.165) is 15.8 Å². The van der Waals surface area contributed by atoms with Crippen LogP contribution in [0.2, 0.25) is 20.1 Å². The molecular formula is C37H27Br3Cl4N4O4. The third-order valence-corrected chi connectivity index (χ3v) is 9.33. The number of benzene rings is 4. The molecule has 2 aromatic heterocycles. The number of allylic oxidation sites excluding steroid dienone is 1. The summed E-state index contributed by atoms with van der Waals surface area (Å²) in [5, 5.41) is 2.22. The molecule has 0 N–H and O–H groups in total. The van der Waals surface area contributed by atoms with E-state index in [-0.39, 0.29) is 23.4 Å². The van der Waals surface area contributed by atoms with Crippen LogP contribution in [0, 0.1) is 0 Å². The van der Waals surface area contributed by atoms with Gasteiger partial charge in [0, 0.05) is 46.0 Å². The molecule has 0 radical (unpaired) electrons. The first-order valence-corrected chi connectivity index (χ1v) is 19.2. The molecule has 0 bridgehead atoms. The van der Waals surface area contributed by atoms with Crippen molar-refractivity contribution >= 4 is 106 Å². The molecule has 0 aliphatic heterocycles. The highest BCUT2D eigenvalue weighted by molar-refractivity contribution is 9.10. The number of alkyl halides is 1. The molecule has 6 rings (SSSR count). The lowest BCUT2D eigenvalue weighted by atomic mass is 10.1. The number of ketones is 2. The van der Waals surface area contributed by atoms with Crippen LogP contribution in [0.15, 0.2) is 132 Å². The maximum absolute atomic E-state index is 12.4. The highest BCUT2D eigenvalue weighted by Gasteiger charge is 2.14. The first-order valence-electron chi connectivity index (χ1n) is 15.0. The lowest BCUT2D eigenvalue weighted by Crippen LogP contribution is -2.10. The number of halogens is 7. The Labute approximate surface area is 345 Å². The molecular weight excluding hydrogens is 946 g/mol. The number of hydrogen-bond donors (Lipinski definition) is 0. The average Bonchev–Trinajstić information content (AvgIpc) is 3.73. The summed E-state index contributed by atoms with van der Waals surface area (Å²) in [5.41, 5.74) is 0.905. The van der Waals surface area contributed by atoms with Crippen molar-refractivity contribution in [2.24, 2.45) is 0 Å². The monoisotopic (exact) mass is 968 g/mol. The fourth-order valence-corrected chi connectivity index (χ4v) is 5.96. The van der Waals surface area contributed by atoms with Gasteiger partial charge in [0.1, 0.15) is 32.2 Å². The summed E-state index contributed by atoms with van der Waals surface area (Å²) in [6, 6.07) is 23.9. The summed E-state index contributed by atoms with van der Waals surface area (Å²) in [6.07, 6.45) is 8.69. The Morgan fingerprint density at radius 2 is 1.23 bits per heavy atom. The summed E-state index contributed by atoms with van der Waals surface area (Å²) in [4.78, 5) is 31.9. The fraction of sp³-hybridized carbons (Fsp3) is 0.0811. The second-order valence-electron chi connectivity index (χ2n) is 10.4. The SMILES string of the molecule is C=CCn1cnc(Br)c1.O=C(CBr)c1ccc(Oc2ccc(Cl)cc2)cc1Cl.O=C(Cn1cncc1Br)c1ccc(Oc2ccc(Cl)cc2)cc1Cl. The molecule has 0 saturated heterocycles. The molecule has 0 unspecified atom stereocenters. The molecule has 8 nitrogen and oxygen atoms in total. The van der Waals surface area contributed by atoms with Gasteiger partial charge in [0.05, 0.1) is 40.8 Å². The van der Waals surface area contributed by atoms with Gasteiger partial charge >= 0.3 is 0 Å². The Hall–Kier alpha value is -3.42. The van der Waals surface area contributed by atoms with E-state index in [1.165, 1.54) is 0 Å². The number of ether oxygens (including phenoxy) is 2. The van der Waals surface area contributed by atoms with E-state index in [4.69, 9.17) is 55.9 Å². The third kappa shape index (κ3) is 12.9. The average molecular weight is 973 g/mol. The number of carbonyl (C=O) groups is 2. The first kappa shape index (κ1) is 41.3. The largest absolute Gasteiger partial charge is 0.457 e. The summed E-state index contributed by atoms with van der Waals surface area (Å²) in [6.45, 7) is 4.57. The van der Waals surface area contributed by atoms with Crippen LogP contribution in [0.4, 0.5) is 0 Å². The van der Waals surface area contributed by atoms with Gasteiger partial charge in [-0.15, -0.1) is 6.58 Å². The molecule has 0 aliphatic carbocycles. The van der Waals surface area contributed by atoms with Crippen molar-refractivity contribution < 1.29 is 19.1 Å². The van der Waals surface area contributed by atoms with Gasteiger partial charge in [0.25, 0.3) is 0 Å². The second-order valence-corrected chi connectivity index (χ2v) is 14.3. The van der Waals surface area contributed by atoms with Crippen LogP contribution in [0.3, 0.4) is 0 Å². The van der Waals surface area contributed by atoms with Crippen molar-refractivity contribution in [2.75, 3.05) is 5.33 Å². The van der Waals surface area contributed by atoms with E-state index < -0.39 is 0 Å². The molecule has 0 fully saturated rings. The minimum atomic E-state index is -0.114. The molecule has 52 heavy (non-hydrogen) atoms. The van der Waals surface area contributed by atoms with Gasteiger partial charge in [-0.2, -0.15) is 0 Å². The Kier molecular flexibility index (Phi) is 16.5. The number of hydrogen-bond acceptors (Lipinski definition) is 6. The predicted octanol–water partition coefficient (Wildman–Crippen LogP) is 12.8. The van der Waals surface area contributed by atoms with E-state index in [1.54, 1.807) is 108 Å². The van der Waals surface area contributed by atoms with E-state index in [2.05, 4.69) is 64.3 Å². The van der Waals surface area contributed by atoms with Crippen LogP contribution in [0.5, 0.6) is 23.0 Å². The van der Waals surface area contributed by atoms with E-state index in [0.29, 0.717) is 54.2 Å². The zero-order valence-electron chi connectivity index (χ0n) is 26.9. The van der Waals surface area contributed by atoms with Crippen LogP contribution in [0.1, 0.15) is 20.7 Å². The maximum Gasteiger partial charge on any atom is 0.184 e. The molecule has 268 valence electrons. The van der Waals surface area contributed by atoms with E-state index >= 15 is 0 Å². The topological polar surface area (TPSA) is 88.2 Å². The fourth-order valence-electron chi connectivity index (χ4n) is 4.16. The molecule has 4 aromatic carbocycles. The highest BCUT2D eigenvalue weighted by Crippen LogP contribution is 2.30. The smallest absolute Gasteiger partial charge is 0.184 e. The Morgan fingerprint density at radius 1 is 0.731 bits per heavy atom. The number of Topliss-reactive ketones (excluding diaryl/α,β-unsaturated/α-hetero) is 2.